The molecule has 0 bridgehead atoms. The van der Waals surface area contributed by atoms with Crippen molar-refractivity contribution in [3.05, 3.63) is 95.2 Å². The number of hydrogen-bond donors (Lipinski definition) is 1. The maximum atomic E-state index is 13.4. The zero-order valence-corrected chi connectivity index (χ0v) is 17.7. The minimum absolute atomic E-state index is 0.250. The number of halogens is 1. The first kappa shape index (κ1) is 20.7. The number of carbonyl (C=O) groups is 2. The zero-order valence-electron chi connectivity index (χ0n) is 16.1. The van der Waals surface area contributed by atoms with Crippen LogP contribution in [0.4, 0.5) is 0 Å². The number of ether oxygens (including phenoxy) is 1. The average Bonchev–Trinajstić information content (AvgIpc) is 2.81. The van der Waals surface area contributed by atoms with E-state index in [-0.39, 0.29) is 17.0 Å². The fraction of sp³-hybridized carbons (Fsp3) is 0.217. The Hall–Kier alpha value is -2.54. The minimum atomic E-state index is -0.601. The fourth-order valence-corrected chi connectivity index (χ4v) is 4.95. The summed E-state index contributed by atoms with van der Waals surface area (Å²) in [6.45, 7) is 0. The van der Waals surface area contributed by atoms with Crippen molar-refractivity contribution in [2.75, 3.05) is 11.6 Å². The number of nitrogens with zero attached hydrogens (tertiary/aromatic N) is 1. The Bertz CT molecular complexity index is 955. The summed E-state index contributed by atoms with van der Waals surface area (Å²) in [4.78, 5) is 27.3. The number of esters is 1. The molecule has 0 saturated carbocycles. The molecule has 5 nitrogen and oxygen atoms in total. The molecule has 2 aromatic rings. The number of amides is 1. The van der Waals surface area contributed by atoms with Gasteiger partial charge in [0, 0.05) is 11.6 Å². The van der Waals surface area contributed by atoms with Crippen LogP contribution in [0.15, 0.2) is 84.1 Å². The Morgan fingerprint density at radius 3 is 2.33 bits per heavy atom. The van der Waals surface area contributed by atoms with E-state index >= 15 is 0 Å². The first-order valence-corrected chi connectivity index (χ1v) is 11.2. The summed E-state index contributed by atoms with van der Waals surface area (Å²) in [6, 6.07) is 18.5. The molecular formula is C23H21ClN2O3S. The molecule has 1 saturated heterocycles. The molecule has 4 rings (SSSR count). The van der Waals surface area contributed by atoms with Crippen molar-refractivity contribution in [2.45, 2.75) is 17.5 Å². The van der Waals surface area contributed by atoms with E-state index < -0.39 is 18.1 Å². The number of allylic oxidation sites excluding steroid dienone is 2. The first-order valence-electron chi connectivity index (χ1n) is 9.58. The fourth-order valence-electron chi connectivity index (χ4n) is 3.59. The van der Waals surface area contributed by atoms with Gasteiger partial charge < -0.3 is 10.5 Å². The third kappa shape index (κ3) is 3.90. The Morgan fingerprint density at radius 2 is 1.77 bits per heavy atom. The van der Waals surface area contributed by atoms with E-state index in [9.17, 15) is 9.59 Å². The number of nitrogens with two attached hydrogens (primary N) is 1. The van der Waals surface area contributed by atoms with Gasteiger partial charge in [-0.05, 0) is 16.7 Å². The van der Waals surface area contributed by atoms with Crippen LogP contribution in [0.25, 0.3) is 0 Å². The van der Waals surface area contributed by atoms with Gasteiger partial charge in [0.25, 0.3) is 0 Å². The van der Waals surface area contributed by atoms with Gasteiger partial charge in [-0.3, -0.25) is 9.69 Å². The quantitative estimate of drug-likeness (QED) is 0.422. The lowest BCUT2D eigenvalue weighted by Gasteiger charge is -2.48. The lowest BCUT2D eigenvalue weighted by atomic mass is 10.0. The van der Waals surface area contributed by atoms with Crippen molar-refractivity contribution in [3.8, 4) is 0 Å². The number of hydrogen-bond acceptors (Lipinski definition) is 5. The van der Waals surface area contributed by atoms with Crippen molar-refractivity contribution in [2.24, 2.45) is 5.73 Å². The lowest BCUT2D eigenvalue weighted by Crippen LogP contribution is -2.68. The van der Waals surface area contributed by atoms with Crippen LogP contribution < -0.4 is 5.73 Å². The summed E-state index contributed by atoms with van der Waals surface area (Å²) >= 11 is 7.33. The molecule has 2 heterocycles. The van der Waals surface area contributed by atoms with E-state index in [2.05, 4.69) is 0 Å². The van der Waals surface area contributed by atoms with Gasteiger partial charge in [-0.1, -0.05) is 72.8 Å². The summed E-state index contributed by atoms with van der Waals surface area (Å²) in [7, 11) is 0. The van der Waals surface area contributed by atoms with Crippen molar-refractivity contribution >= 4 is 35.2 Å². The van der Waals surface area contributed by atoms with E-state index in [0.717, 1.165) is 11.1 Å². The second kappa shape index (κ2) is 9.08. The van der Waals surface area contributed by atoms with Crippen LogP contribution >= 0.6 is 23.4 Å². The molecule has 2 aliphatic rings. The molecule has 0 aliphatic carbocycles. The standard InChI is InChI=1S/C23H21ClN2O3S/c24-13-7-12-17-14-30-22-18(25)21(27)26(22)19(17)23(28)29-20(15-8-3-1-4-9-15)16-10-5-2-6-11-16/h1-12,18,20,22H,13-14,25H2/b12-7+/t18?,22-/m1/s1. The molecule has 2 aliphatic heterocycles. The van der Waals surface area contributed by atoms with Gasteiger partial charge in [-0.25, -0.2) is 4.79 Å². The van der Waals surface area contributed by atoms with E-state index in [4.69, 9.17) is 22.1 Å². The second-order valence-corrected chi connectivity index (χ2v) is 8.39. The molecule has 2 atom stereocenters. The molecule has 1 amide bonds. The van der Waals surface area contributed by atoms with Gasteiger partial charge in [0.15, 0.2) is 6.10 Å². The maximum absolute atomic E-state index is 13.4. The summed E-state index contributed by atoms with van der Waals surface area (Å²) in [6.07, 6.45) is 2.94. The predicted molar refractivity (Wildman–Crippen MR) is 119 cm³/mol. The van der Waals surface area contributed by atoms with E-state index in [1.807, 2.05) is 60.7 Å². The van der Waals surface area contributed by atoms with Crippen LogP contribution in [0.3, 0.4) is 0 Å². The summed E-state index contributed by atoms with van der Waals surface area (Å²) < 4.78 is 6.00. The monoisotopic (exact) mass is 440 g/mol. The van der Waals surface area contributed by atoms with Gasteiger partial charge >= 0.3 is 5.97 Å². The highest BCUT2D eigenvalue weighted by atomic mass is 35.5. The van der Waals surface area contributed by atoms with E-state index in [0.29, 0.717) is 17.2 Å². The Labute approximate surface area is 184 Å². The van der Waals surface area contributed by atoms with Crippen LogP contribution in [0, 0.1) is 0 Å². The number of fused-ring (bicyclic) bond motifs is 1. The maximum Gasteiger partial charge on any atom is 0.356 e. The van der Waals surface area contributed by atoms with Crippen LogP contribution in [0.2, 0.25) is 0 Å². The largest absolute Gasteiger partial charge is 0.448 e. The van der Waals surface area contributed by atoms with Crippen molar-refractivity contribution in [1.29, 1.82) is 0 Å². The van der Waals surface area contributed by atoms with Gasteiger partial charge in [0.1, 0.15) is 17.1 Å². The highest BCUT2D eigenvalue weighted by Gasteiger charge is 2.52. The van der Waals surface area contributed by atoms with Crippen LogP contribution in [0.5, 0.6) is 0 Å². The summed E-state index contributed by atoms with van der Waals surface area (Å²) in [5.41, 5.74) is 8.61. The van der Waals surface area contributed by atoms with Crippen molar-refractivity contribution in [1.82, 2.24) is 4.90 Å². The van der Waals surface area contributed by atoms with Crippen molar-refractivity contribution < 1.29 is 14.3 Å². The molecular weight excluding hydrogens is 420 g/mol. The second-order valence-electron chi connectivity index (χ2n) is 6.97. The molecule has 1 fully saturated rings. The first-order chi connectivity index (χ1) is 14.6. The number of thioether (sulfide) groups is 1. The molecule has 30 heavy (non-hydrogen) atoms. The lowest BCUT2D eigenvalue weighted by molar-refractivity contribution is -0.153. The third-order valence-electron chi connectivity index (χ3n) is 5.07. The number of β-lactam (4-membered cyclic amide) rings is 1. The number of alkyl halides is 1. The van der Waals surface area contributed by atoms with Crippen LogP contribution in [-0.2, 0) is 14.3 Å². The molecule has 1 unspecified atom stereocenters. The van der Waals surface area contributed by atoms with Crippen LogP contribution in [-0.4, -0.2) is 39.8 Å². The van der Waals surface area contributed by atoms with Gasteiger partial charge in [0.2, 0.25) is 5.91 Å². The molecule has 0 spiro atoms. The Kier molecular flexibility index (Phi) is 6.27. The van der Waals surface area contributed by atoms with Gasteiger partial charge in [-0.2, -0.15) is 0 Å². The molecule has 0 radical (unpaired) electrons. The van der Waals surface area contributed by atoms with Crippen LogP contribution in [0.1, 0.15) is 17.2 Å². The minimum Gasteiger partial charge on any atom is -0.448 e. The summed E-state index contributed by atoms with van der Waals surface area (Å²) in [5.74, 6) is 0.0464. The van der Waals surface area contributed by atoms with E-state index in [1.165, 1.54) is 16.7 Å². The normalized spacial score (nSPS) is 21.0. The smallest absolute Gasteiger partial charge is 0.356 e. The van der Waals surface area contributed by atoms with E-state index in [1.54, 1.807) is 12.2 Å². The van der Waals surface area contributed by atoms with Gasteiger partial charge in [0.05, 0.1) is 0 Å². The van der Waals surface area contributed by atoms with Gasteiger partial charge in [-0.15, -0.1) is 23.4 Å². The number of rotatable bonds is 6. The highest BCUT2D eigenvalue weighted by Crippen LogP contribution is 2.41. The molecule has 7 heteroatoms. The highest BCUT2D eigenvalue weighted by molar-refractivity contribution is 8.00. The SMILES string of the molecule is NC1C(=O)N2C(C(=O)OC(c3ccccc3)c3ccccc3)=C(/C=C/CCl)CS[C@H]12. The number of carbonyl (C=O) groups excluding carboxylic acids is 2. The van der Waals surface area contributed by atoms with Crippen molar-refractivity contribution in [3.63, 3.8) is 0 Å². The topological polar surface area (TPSA) is 72.6 Å². The molecule has 2 aromatic carbocycles. The molecule has 0 aromatic heterocycles. The average molecular weight is 441 g/mol. The Morgan fingerprint density at radius 1 is 1.17 bits per heavy atom. The Balaban J connectivity index is 1.70. The third-order valence-corrected chi connectivity index (χ3v) is 6.57. The summed E-state index contributed by atoms with van der Waals surface area (Å²) in [5, 5.41) is -0.250. The zero-order chi connectivity index (χ0) is 21.1. The molecule has 2 N–H and O–H groups in total. The predicted octanol–water partition coefficient (Wildman–Crippen LogP) is 3.61. The molecule has 154 valence electrons. The number of benzene rings is 2.